The zero-order chi connectivity index (χ0) is 16.8. The van der Waals surface area contributed by atoms with Gasteiger partial charge < -0.3 is 20.2 Å². The normalized spacial score (nSPS) is 16.1. The van der Waals surface area contributed by atoms with Crippen molar-refractivity contribution in [3.05, 3.63) is 29.8 Å². The average Bonchev–Trinajstić information content (AvgIpc) is 2.54. The van der Waals surface area contributed by atoms with Crippen molar-refractivity contribution >= 4 is 29.4 Å². The Morgan fingerprint density at radius 1 is 1.30 bits per heavy atom. The highest BCUT2D eigenvalue weighted by molar-refractivity contribution is 7.98. The number of urea groups is 1. The number of aliphatic carboxylic acids is 1. The molecule has 1 heterocycles. The van der Waals surface area contributed by atoms with E-state index in [2.05, 4.69) is 35.3 Å². The number of anilines is 1. The Hall–Kier alpha value is -1.89. The Balaban J connectivity index is 1.88. The van der Waals surface area contributed by atoms with Crippen LogP contribution in [0.3, 0.4) is 0 Å². The quantitative estimate of drug-likeness (QED) is 0.855. The Morgan fingerprint density at radius 3 is 2.57 bits per heavy atom. The molecule has 126 valence electrons. The summed E-state index contributed by atoms with van der Waals surface area (Å²) in [5.41, 5.74) is 2.37. The van der Waals surface area contributed by atoms with Crippen LogP contribution in [-0.4, -0.2) is 66.2 Å². The molecule has 1 saturated heterocycles. The number of benzene rings is 1. The Kier molecular flexibility index (Phi) is 6.15. The summed E-state index contributed by atoms with van der Waals surface area (Å²) in [6.07, 6.45) is 1.82. The van der Waals surface area contributed by atoms with Gasteiger partial charge in [0.15, 0.2) is 0 Å². The number of carbonyl (C=O) groups is 2. The molecule has 0 spiro atoms. The third-order valence-electron chi connectivity index (χ3n) is 3.86. The number of thioether (sulfide) groups is 1. The molecule has 2 amide bonds. The number of aryl methyl sites for hydroxylation is 1. The number of hydrogen-bond acceptors (Lipinski definition) is 4. The molecule has 1 atom stereocenters. The maximum absolute atomic E-state index is 12.2. The molecule has 7 heteroatoms. The lowest BCUT2D eigenvalue weighted by molar-refractivity contribution is -0.138. The fourth-order valence-corrected chi connectivity index (χ4v) is 3.13. The van der Waals surface area contributed by atoms with Crippen LogP contribution in [0, 0.1) is 6.92 Å². The highest BCUT2D eigenvalue weighted by Crippen LogP contribution is 2.17. The molecule has 1 aromatic carbocycles. The van der Waals surface area contributed by atoms with Crippen LogP contribution in [0.4, 0.5) is 10.5 Å². The van der Waals surface area contributed by atoms with Gasteiger partial charge in [0.2, 0.25) is 0 Å². The van der Waals surface area contributed by atoms with Gasteiger partial charge in [-0.1, -0.05) is 12.1 Å². The van der Waals surface area contributed by atoms with E-state index in [1.54, 1.807) is 4.90 Å². The molecule has 1 fully saturated rings. The van der Waals surface area contributed by atoms with Gasteiger partial charge in [0.1, 0.15) is 6.04 Å². The predicted octanol–water partition coefficient (Wildman–Crippen LogP) is 1.64. The van der Waals surface area contributed by atoms with Crippen molar-refractivity contribution < 1.29 is 14.7 Å². The number of carboxylic acid groups (broad SMARTS) is 1. The summed E-state index contributed by atoms with van der Waals surface area (Å²) in [6.45, 7) is 4.73. The number of piperazine rings is 1. The molecule has 6 nitrogen and oxygen atoms in total. The second-order valence-corrected chi connectivity index (χ2v) is 6.52. The molecule has 0 saturated carbocycles. The molecular weight excluding hydrogens is 314 g/mol. The Labute approximate surface area is 140 Å². The Morgan fingerprint density at radius 2 is 2.00 bits per heavy atom. The first-order chi connectivity index (χ1) is 11.0. The predicted molar refractivity (Wildman–Crippen MR) is 93.3 cm³/mol. The summed E-state index contributed by atoms with van der Waals surface area (Å²) in [5.74, 6) is -0.629. The fraction of sp³-hybridized carbons (Fsp3) is 0.500. The molecule has 1 aliphatic heterocycles. The number of nitrogens with zero attached hydrogens (tertiary/aromatic N) is 2. The first kappa shape index (κ1) is 17.5. The van der Waals surface area contributed by atoms with E-state index in [9.17, 15) is 9.59 Å². The van der Waals surface area contributed by atoms with Gasteiger partial charge in [-0.05, 0) is 30.9 Å². The number of hydrogen-bond donors (Lipinski definition) is 2. The standard InChI is InChI=1S/C16H23N3O3S/c1-12-4-3-5-13(10-12)18-6-8-19(9-7-18)16(22)17-14(11-23-2)15(20)21/h3-5,10,14H,6-9,11H2,1-2H3,(H,17,22)(H,20,21)/t14-/m0/s1. The minimum Gasteiger partial charge on any atom is -0.480 e. The molecule has 0 bridgehead atoms. The van der Waals surface area contributed by atoms with E-state index in [1.807, 2.05) is 12.3 Å². The SMILES string of the molecule is CSC[C@H](NC(=O)N1CCN(c2cccc(C)c2)CC1)C(=O)O. The highest BCUT2D eigenvalue weighted by atomic mass is 32.2. The average molecular weight is 337 g/mol. The first-order valence-corrected chi connectivity index (χ1v) is 8.99. The van der Waals surface area contributed by atoms with Gasteiger partial charge in [-0.15, -0.1) is 0 Å². The minimum atomic E-state index is -0.994. The summed E-state index contributed by atoms with van der Waals surface area (Å²) in [4.78, 5) is 27.3. The molecule has 0 radical (unpaired) electrons. The number of carboxylic acids is 1. The molecule has 23 heavy (non-hydrogen) atoms. The van der Waals surface area contributed by atoms with Crippen LogP contribution < -0.4 is 10.2 Å². The summed E-state index contributed by atoms with van der Waals surface area (Å²) in [6, 6.07) is 7.16. The number of carbonyl (C=O) groups excluding carboxylic acids is 1. The molecular formula is C16H23N3O3S. The third kappa shape index (κ3) is 4.79. The number of amides is 2. The lowest BCUT2D eigenvalue weighted by atomic mass is 10.2. The zero-order valence-corrected chi connectivity index (χ0v) is 14.3. The first-order valence-electron chi connectivity index (χ1n) is 7.60. The molecule has 2 rings (SSSR count). The van der Waals surface area contributed by atoms with Crippen molar-refractivity contribution in [2.24, 2.45) is 0 Å². The maximum Gasteiger partial charge on any atom is 0.327 e. The van der Waals surface area contributed by atoms with E-state index >= 15 is 0 Å². The van der Waals surface area contributed by atoms with E-state index in [-0.39, 0.29) is 6.03 Å². The lowest BCUT2D eigenvalue weighted by Gasteiger charge is -2.36. The molecule has 0 unspecified atom stereocenters. The summed E-state index contributed by atoms with van der Waals surface area (Å²) >= 11 is 1.40. The van der Waals surface area contributed by atoms with Gasteiger partial charge in [0, 0.05) is 37.6 Å². The second kappa shape index (κ2) is 8.10. The molecule has 1 aromatic rings. The van der Waals surface area contributed by atoms with Crippen LogP contribution >= 0.6 is 11.8 Å². The smallest absolute Gasteiger partial charge is 0.327 e. The lowest BCUT2D eigenvalue weighted by Crippen LogP contribution is -2.55. The van der Waals surface area contributed by atoms with E-state index in [0.29, 0.717) is 18.8 Å². The minimum absolute atomic E-state index is 0.296. The Bertz CT molecular complexity index is 559. The van der Waals surface area contributed by atoms with Crippen LogP contribution in [0.2, 0.25) is 0 Å². The van der Waals surface area contributed by atoms with Crippen molar-refractivity contribution in [1.29, 1.82) is 0 Å². The molecule has 0 aromatic heterocycles. The summed E-state index contributed by atoms with van der Waals surface area (Å²) in [7, 11) is 0. The van der Waals surface area contributed by atoms with E-state index in [1.165, 1.54) is 17.3 Å². The summed E-state index contributed by atoms with van der Waals surface area (Å²) in [5, 5.41) is 11.7. The van der Waals surface area contributed by atoms with Crippen molar-refractivity contribution in [2.45, 2.75) is 13.0 Å². The highest BCUT2D eigenvalue weighted by Gasteiger charge is 2.25. The maximum atomic E-state index is 12.2. The van der Waals surface area contributed by atoms with E-state index in [4.69, 9.17) is 5.11 Å². The van der Waals surface area contributed by atoms with E-state index in [0.717, 1.165) is 18.8 Å². The largest absolute Gasteiger partial charge is 0.480 e. The van der Waals surface area contributed by atoms with Gasteiger partial charge in [0.05, 0.1) is 0 Å². The van der Waals surface area contributed by atoms with Crippen molar-refractivity contribution in [3.8, 4) is 0 Å². The fourth-order valence-electron chi connectivity index (χ4n) is 2.57. The van der Waals surface area contributed by atoms with Crippen molar-refractivity contribution in [1.82, 2.24) is 10.2 Å². The van der Waals surface area contributed by atoms with E-state index < -0.39 is 12.0 Å². The number of rotatable bonds is 5. The van der Waals surface area contributed by atoms with Crippen LogP contribution in [0.25, 0.3) is 0 Å². The topological polar surface area (TPSA) is 72.9 Å². The number of nitrogens with one attached hydrogen (secondary N) is 1. The van der Waals surface area contributed by atoms with Gasteiger partial charge in [0.25, 0.3) is 0 Å². The van der Waals surface area contributed by atoms with Crippen LogP contribution in [-0.2, 0) is 4.79 Å². The van der Waals surface area contributed by atoms with Crippen LogP contribution in [0.15, 0.2) is 24.3 Å². The van der Waals surface area contributed by atoms with Gasteiger partial charge >= 0.3 is 12.0 Å². The van der Waals surface area contributed by atoms with Gasteiger partial charge in [-0.25, -0.2) is 9.59 Å². The van der Waals surface area contributed by atoms with Gasteiger partial charge in [-0.2, -0.15) is 11.8 Å². The van der Waals surface area contributed by atoms with Crippen LogP contribution in [0.5, 0.6) is 0 Å². The van der Waals surface area contributed by atoms with Gasteiger partial charge in [-0.3, -0.25) is 0 Å². The molecule has 1 aliphatic rings. The van der Waals surface area contributed by atoms with Crippen molar-refractivity contribution in [3.63, 3.8) is 0 Å². The third-order valence-corrected chi connectivity index (χ3v) is 4.53. The molecule has 2 N–H and O–H groups in total. The van der Waals surface area contributed by atoms with Crippen molar-refractivity contribution in [2.75, 3.05) is 43.1 Å². The molecule has 0 aliphatic carbocycles. The summed E-state index contributed by atoms with van der Waals surface area (Å²) < 4.78 is 0. The van der Waals surface area contributed by atoms with Crippen LogP contribution in [0.1, 0.15) is 5.56 Å². The second-order valence-electron chi connectivity index (χ2n) is 5.61. The monoisotopic (exact) mass is 337 g/mol. The zero-order valence-electron chi connectivity index (χ0n) is 13.5.